The lowest BCUT2D eigenvalue weighted by Gasteiger charge is -2.31. The number of carbonyl (C=O) groups excluding carboxylic acids is 1. The molecule has 1 amide bonds. The van der Waals surface area contributed by atoms with Crippen LogP contribution in [-0.2, 0) is 16.8 Å². The molecule has 2 nitrogen and oxygen atoms in total. The number of anilines is 1. The van der Waals surface area contributed by atoms with E-state index >= 15 is 0 Å². The van der Waals surface area contributed by atoms with Crippen molar-refractivity contribution >= 4 is 11.6 Å². The summed E-state index contributed by atoms with van der Waals surface area (Å²) in [7, 11) is 0. The molecule has 5 rings (SSSR count). The van der Waals surface area contributed by atoms with Crippen LogP contribution in [0.25, 0.3) is 0 Å². The number of para-hydroxylation sites is 1. The molecule has 1 atom stereocenters. The maximum Gasteiger partial charge on any atom is 0.247 e. The normalized spacial score (nSPS) is 17.8. The molecule has 146 valence electrons. The van der Waals surface area contributed by atoms with E-state index in [1.54, 1.807) is 0 Å². The first-order chi connectivity index (χ1) is 14.7. The van der Waals surface area contributed by atoms with Gasteiger partial charge in [0.2, 0.25) is 5.91 Å². The van der Waals surface area contributed by atoms with Crippen molar-refractivity contribution in [3.63, 3.8) is 0 Å². The standard InChI is InChI=1S/C28H23NO/c1-21-12-8-9-17-24(21)28(23-15-6-3-7-16-23)25-18-10-11-19-26(25)29(27(28)30)20-22-13-4-2-5-14-22/h2-19H,20H2,1H3. The first-order valence-corrected chi connectivity index (χ1v) is 10.3. The summed E-state index contributed by atoms with van der Waals surface area (Å²) >= 11 is 0. The lowest BCUT2D eigenvalue weighted by Crippen LogP contribution is -2.42. The van der Waals surface area contributed by atoms with Crippen molar-refractivity contribution < 1.29 is 4.79 Å². The number of hydrogen-bond donors (Lipinski definition) is 0. The highest BCUT2D eigenvalue weighted by Crippen LogP contribution is 2.51. The number of aryl methyl sites for hydroxylation is 1. The topological polar surface area (TPSA) is 20.3 Å². The fourth-order valence-electron chi connectivity index (χ4n) is 4.75. The van der Waals surface area contributed by atoms with Gasteiger partial charge in [0.05, 0.1) is 6.54 Å². The molecule has 1 heterocycles. The van der Waals surface area contributed by atoms with Gasteiger partial charge in [-0.25, -0.2) is 0 Å². The second-order valence-electron chi connectivity index (χ2n) is 7.82. The van der Waals surface area contributed by atoms with Crippen LogP contribution in [-0.4, -0.2) is 5.91 Å². The van der Waals surface area contributed by atoms with E-state index in [0.29, 0.717) is 6.54 Å². The molecule has 30 heavy (non-hydrogen) atoms. The molecule has 0 saturated carbocycles. The van der Waals surface area contributed by atoms with E-state index < -0.39 is 5.41 Å². The van der Waals surface area contributed by atoms with Crippen molar-refractivity contribution in [3.8, 4) is 0 Å². The van der Waals surface area contributed by atoms with Gasteiger partial charge in [-0.2, -0.15) is 0 Å². The zero-order chi connectivity index (χ0) is 20.6. The van der Waals surface area contributed by atoms with Crippen molar-refractivity contribution in [2.45, 2.75) is 18.9 Å². The van der Waals surface area contributed by atoms with Gasteiger partial charge in [0, 0.05) is 11.3 Å². The van der Waals surface area contributed by atoms with Crippen molar-refractivity contribution in [1.29, 1.82) is 0 Å². The number of carbonyl (C=O) groups is 1. The number of benzene rings is 4. The summed E-state index contributed by atoms with van der Waals surface area (Å²) in [5.74, 6) is 0.105. The molecule has 2 heteroatoms. The molecular formula is C28H23NO. The summed E-state index contributed by atoms with van der Waals surface area (Å²) < 4.78 is 0. The van der Waals surface area contributed by atoms with E-state index in [0.717, 1.165) is 33.5 Å². The van der Waals surface area contributed by atoms with Crippen molar-refractivity contribution in [2.24, 2.45) is 0 Å². The maximum atomic E-state index is 14.4. The van der Waals surface area contributed by atoms with Crippen LogP contribution in [0.1, 0.15) is 27.8 Å². The first-order valence-electron chi connectivity index (χ1n) is 10.3. The van der Waals surface area contributed by atoms with Gasteiger partial charge in [0.25, 0.3) is 0 Å². The zero-order valence-corrected chi connectivity index (χ0v) is 17.0. The summed E-state index contributed by atoms with van der Waals surface area (Å²) in [4.78, 5) is 16.3. The Kier molecular flexibility index (Phi) is 4.48. The van der Waals surface area contributed by atoms with Crippen LogP contribution in [0.15, 0.2) is 109 Å². The van der Waals surface area contributed by atoms with E-state index in [2.05, 4.69) is 55.5 Å². The van der Waals surface area contributed by atoms with Gasteiger partial charge in [0.1, 0.15) is 5.41 Å². The predicted molar refractivity (Wildman–Crippen MR) is 122 cm³/mol. The molecule has 0 aromatic heterocycles. The fraction of sp³-hybridized carbons (Fsp3) is 0.107. The van der Waals surface area contributed by atoms with Crippen molar-refractivity contribution in [3.05, 3.63) is 137 Å². The minimum absolute atomic E-state index is 0.105. The third-order valence-electron chi connectivity index (χ3n) is 6.10. The molecule has 4 aromatic rings. The monoisotopic (exact) mass is 389 g/mol. The number of nitrogens with zero attached hydrogens (tertiary/aromatic N) is 1. The molecule has 1 unspecified atom stereocenters. The van der Waals surface area contributed by atoms with Gasteiger partial charge in [-0.3, -0.25) is 4.79 Å². The summed E-state index contributed by atoms with van der Waals surface area (Å²) in [5, 5.41) is 0. The quantitative estimate of drug-likeness (QED) is 0.427. The molecule has 0 bridgehead atoms. The number of hydrogen-bond acceptors (Lipinski definition) is 1. The minimum atomic E-state index is -0.849. The van der Waals surface area contributed by atoms with Gasteiger partial charge in [-0.05, 0) is 35.2 Å². The molecule has 0 saturated heterocycles. The van der Waals surface area contributed by atoms with Crippen molar-refractivity contribution in [1.82, 2.24) is 0 Å². The summed E-state index contributed by atoms with van der Waals surface area (Å²) in [6, 6.07) is 36.9. The molecule has 1 aliphatic heterocycles. The largest absolute Gasteiger partial charge is 0.306 e. The van der Waals surface area contributed by atoms with E-state index in [-0.39, 0.29) is 5.91 Å². The first kappa shape index (κ1) is 18.4. The SMILES string of the molecule is Cc1ccccc1C1(c2ccccc2)C(=O)N(Cc2ccccc2)c2ccccc21. The van der Waals surface area contributed by atoms with Crippen LogP contribution in [0.3, 0.4) is 0 Å². The Morgan fingerprint density at radius 1 is 0.667 bits per heavy atom. The number of fused-ring (bicyclic) bond motifs is 1. The highest BCUT2D eigenvalue weighted by Gasteiger charge is 2.53. The Morgan fingerprint density at radius 3 is 1.93 bits per heavy atom. The Bertz CT molecular complexity index is 1200. The Morgan fingerprint density at radius 2 is 1.23 bits per heavy atom. The lowest BCUT2D eigenvalue weighted by molar-refractivity contribution is -0.120. The van der Waals surface area contributed by atoms with Crippen LogP contribution >= 0.6 is 0 Å². The summed E-state index contributed by atoms with van der Waals surface area (Å²) in [6.45, 7) is 2.65. The molecule has 0 spiro atoms. The van der Waals surface area contributed by atoms with Crippen LogP contribution in [0.5, 0.6) is 0 Å². The summed E-state index contributed by atoms with van der Waals surface area (Å²) in [6.07, 6.45) is 0. The van der Waals surface area contributed by atoms with E-state index in [1.807, 2.05) is 65.6 Å². The zero-order valence-electron chi connectivity index (χ0n) is 17.0. The molecular weight excluding hydrogens is 366 g/mol. The van der Waals surface area contributed by atoms with Gasteiger partial charge in [-0.1, -0.05) is 103 Å². The predicted octanol–water partition coefficient (Wildman–Crippen LogP) is 5.88. The molecule has 4 aromatic carbocycles. The Labute approximate surface area is 177 Å². The second-order valence-corrected chi connectivity index (χ2v) is 7.82. The van der Waals surface area contributed by atoms with Gasteiger partial charge < -0.3 is 4.90 Å². The van der Waals surface area contributed by atoms with Crippen LogP contribution in [0.4, 0.5) is 5.69 Å². The van der Waals surface area contributed by atoms with Crippen LogP contribution in [0, 0.1) is 6.92 Å². The van der Waals surface area contributed by atoms with E-state index in [1.165, 1.54) is 0 Å². The third-order valence-corrected chi connectivity index (χ3v) is 6.10. The molecule has 1 aliphatic rings. The highest BCUT2D eigenvalue weighted by molar-refractivity contribution is 6.13. The lowest BCUT2D eigenvalue weighted by atomic mass is 9.69. The van der Waals surface area contributed by atoms with Crippen LogP contribution < -0.4 is 4.90 Å². The smallest absolute Gasteiger partial charge is 0.247 e. The Hall–Kier alpha value is -3.65. The van der Waals surface area contributed by atoms with E-state index in [9.17, 15) is 4.79 Å². The number of amides is 1. The minimum Gasteiger partial charge on any atom is -0.306 e. The average molecular weight is 389 g/mol. The van der Waals surface area contributed by atoms with Crippen molar-refractivity contribution in [2.75, 3.05) is 4.90 Å². The third kappa shape index (κ3) is 2.68. The van der Waals surface area contributed by atoms with Gasteiger partial charge in [-0.15, -0.1) is 0 Å². The van der Waals surface area contributed by atoms with E-state index in [4.69, 9.17) is 0 Å². The molecule has 0 radical (unpaired) electrons. The molecule has 0 aliphatic carbocycles. The summed E-state index contributed by atoms with van der Waals surface area (Å²) in [5.41, 5.74) is 5.47. The fourth-order valence-corrected chi connectivity index (χ4v) is 4.75. The molecule has 0 N–H and O–H groups in total. The van der Waals surface area contributed by atoms with Crippen LogP contribution in [0.2, 0.25) is 0 Å². The maximum absolute atomic E-state index is 14.4. The van der Waals surface area contributed by atoms with Gasteiger partial charge in [0.15, 0.2) is 0 Å². The number of rotatable bonds is 4. The second kappa shape index (κ2) is 7.31. The highest BCUT2D eigenvalue weighted by atomic mass is 16.2. The Balaban J connectivity index is 1.79. The molecule has 0 fully saturated rings. The average Bonchev–Trinajstić information content (AvgIpc) is 3.04. The van der Waals surface area contributed by atoms with Gasteiger partial charge >= 0.3 is 0 Å².